The summed E-state index contributed by atoms with van der Waals surface area (Å²) >= 11 is 5.96. The maximum absolute atomic E-state index is 12.3. The predicted molar refractivity (Wildman–Crippen MR) is 95.9 cm³/mol. The lowest BCUT2D eigenvalue weighted by atomic mass is 10.2. The molecule has 0 aliphatic carbocycles. The first-order valence-electron chi connectivity index (χ1n) is 8.38. The minimum atomic E-state index is -0.0759. The van der Waals surface area contributed by atoms with Crippen molar-refractivity contribution in [1.29, 1.82) is 0 Å². The smallest absolute Gasteiger partial charge is 0.318 e. The quantitative estimate of drug-likeness (QED) is 0.904. The van der Waals surface area contributed by atoms with Gasteiger partial charge in [0, 0.05) is 43.7 Å². The topological polar surface area (TPSA) is 74.5 Å². The van der Waals surface area contributed by atoms with Gasteiger partial charge < -0.3 is 19.5 Å². The summed E-state index contributed by atoms with van der Waals surface area (Å²) in [6, 6.07) is 7.93. The van der Waals surface area contributed by atoms with Crippen LogP contribution in [0, 0.1) is 0 Å². The molecule has 1 aliphatic rings. The Hall–Kier alpha value is -2.28. The van der Waals surface area contributed by atoms with Gasteiger partial charge in [-0.15, -0.1) is 5.10 Å². The van der Waals surface area contributed by atoms with E-state index >= 15 is 0 Å². The van der Waals surface area contributed by atoms with Gasteiger partial charge in [0.2, 0.25) is 5.89 Å². The maximum Gasteiger partial charge on any atom is 0.318 e. The summed E-state index contributed by atoms with van der Waals surface area (Å²) in [5.74, 6) is 0.844. The molecule has 0 radical (unpaired) electrons. The highest BCUT2D eigenvalue weighted by molar-refractivity contribution is 6.30. The third-order valence-electron chi connectivity index (χ3n) is 4.09. The minimum absolute atomic E-state index is 0.0759. The zero-order valence-electron chi connectivity index (χ0n) is 14.4. The third kappa shape index (κ3) is 4.42. The van der Waals surface area contributed by atoms with Crippen LogP contribution in [0.2, 0.25) is 5.02 Å². The van der Waals surface area contributed by atoms with Crippen LogP contribution in [0.5, 0.6) is 0 Å². The molecule has 2 aromatic rings. The molecule has 134 valence electrons. The molecule has 0 bridgehead atoms. The van der Waals surface area contributed by atoms with Gasteiger partial charge in [0.15, 0.2) is 0 Å². The van der Waals surface area contributed by atoms with E-state index in [9.17, 15) is 4.79 Å². The molecule has 1 saturated heterocycles. The highest BCUT2D eigenvalue weighted by atomic mass is 35.5. The molecule has 3 rings (SSSR count). The van der Waals surface area contributed by atoms with E-state index in [4.69, 9.17) is 16.0 Å². The number of anilines is 1. The van der Waals surface area contributed by atoms with Gasteiger partial charge in [-0.1, -0.05) is 42.7 Å². The van der Waals surface area contributed by atoms with Gasteiger partial charge in [0.25, 0.3) is 0 Å². The van der Waals surface area contributed by atoms with Crippen molar-refractivity contribution in [2.24, 2.45) is 0 Å². The number of nitrogens with one attached hydrogen (secondary N) is 1. The van der Waals surface area contributed by atoms with E-state index in [0.29, 0.717) is 49.7 Å². The van der Waals surface area contributed by atoms with Crippen LogP contribution >= 0.6 is 11.6 Å². The van der Waals surface area contributed by atoms with Gasteiger partial charge in [-0.05, 0) is 17.7 Å². The Morgan fingerprint density at radius 3 is 2.68 bits per heavy atom. The van der Waals surface area contributed by atoms with Crippen molar-refractivity contribution < 1.29 is 9.21 Å². The Balaban J connectivity index is 1.48. The van der Waals surface area contributed by atoms with E-state index in [1.165, 1.54) is 0 Å². The number of benzene rings is 1. The van der Waals surface area contributed by atoms with Crippen molar-refractivity contribution >= 4 is 23.6 Å². The predicted octanol–water partition coefficient (Wildman–Crippen LogP) is 2.88. The molecular weight excluding hydrogens is 342 g/mol. The standard InChI is InChI=1S/C17H22ClN5O2/c1-12(2)15-20-21-17(25-15)23-8-6-22(7-9-23)16(24)19-11-13-4-3-5-14(18)10-13/h3-5,10,12H,6-9,11H2,1-2H3,(H,19,24). The van der Waals surface area contributed by atoms with Gasteiger partial charge in [-0.2, -0.15) is 0 Å². The van der Waals surface area contributed by atoms with Crippen LogP contribution in [-0.4, -0.2) is 47.3 Å². The number of hydrogen-bond acceptors (Lipinski definition) is 5. The molecule has 0 unspecified atom stereocenters. The number of urea groups is 1. The van der Waals surface area contributed by atoms with Crippen molar-refractivity contribution in [3.63, 3.8) is 0 Å². The Morgan fingerprint density at radius 1 is 1.28 bits per heavy atom. The first kappa shape index (κ1) is 17.5. The molecule has 0 saturated carbocycles. The molecule has 0 spiro atoms. The molecule has 1 aliphatic heterocycles. The Labute approximate surface area is 152 Å². The molecule has 1 N–H and O–H groups in total. The van der Waals surface area contributed by atoms with Crippen LogP contribution in [0.25, 0.3) is 0 Å². The highest BCUT2D eigenvalue weighted by Gasteiger charge is 2.24. The summed E-state index contributed by atoms with van der Waals surface area (Å²) in [5, 5.41) is 11.7. The summed E-state index contributed by atoms with van der Waals surface area (Å²) in [6.45, 7) is 7.05. The lowest BCUT2D eigenvalue weighted by Crippen LogP contribution is -2.51. The fourth-order valence-corrected chi connectivity index (χ4v) is 2.84. The highest BCUT2D eigenvalue weighted by Crippen LogP contribution is 2.19. The number of halogens is 1. The fourth-order valence-electron chi connectivity index (χ4n) is 2.62. The normalized spacial score (nSPS) is 14.9. The van der Waals surface area contributed by atoms with E-state index in [2.05, 4.69) is 15.5 Å². The molecule has 25 heavy (non-hydrogen) atoms. The number of carbonyl (C=O) groups is 1. The van der Waals surface area contributed by atoms with Crippen LogP contribution in [0.3, 0.4) is 0 Å². The average molecular weight is 364 g/mol. The first-order valence-corrected chi connectivity index (χ1v) is 8.76. The zero-order valence-corrected chi connectivity index (χ0v) is 15.2. The van der Waals surface area contributed by atoms with Crippen molar-refractivity contribution in [3.05, 3.63) is 40.7 Å². The largest absolute Gasteiger partial charge is 0.408 e. The van der Waals surface area contributed by atoms with E-state index in [0.717, 1.165) is 5.56 Å². The van der Waals surface area contributed by atoms with Crippen LogP contribution < -0.4 is 10.2 Å². The fraction of sp³-hybridized carbons (Fsp3) is 0.471. The van der Waals surface area contributed by atoms with Crippen molar-refractivity contribution in [1.82, 2.24) is 20.4 Å². The summed E-state index contributed by atoms with van der Waals surface area (Å²) in [5.41, 5.74) is 0.978. The van der Waals surface area contributed by atoms with E-state index in [-0.39, 0.29) is 11.9 Å². The van der Waals surface area contributed by atoms with Gasteiger partial charge in [0.05, 0.1) is 0 Å². The summed E-state index contributed by atoms with van der Waals surface area (Å²) in [7, 11) is 0. The molecule has 0 atom stereocenters. The van der Waals surface area contributed by atoms with Crippen molar-refractivity contribution in [2.75, 3.05) is 31.1 Å². The first-order chi connectivity index (χ1) is 12.0. The van der Waals surface area contributed by atoms with Crippen LogP contribution in [0.4, 0.5) is 10.8 Å². The molecule has 1 aromatic carbocycles. The van der Waals surface area contributed by atoms with E-state index in [1.807, 2.05) is 43.0 Å². The Kier molecular flexibility index (Phi) is 5.43. The van der Waals surface area contributed by atoms with Crippen molar-refractivity contribution in [3.8, 4) is 0 Å². The SMILES string of the molecule is CC(C)c1nnc(N2CCN(C(=O)NCc3cccc(Cl)c3)CC2)o1. The van der Waals surface area contributed by atoms with Gasteiger partial charge in [-0.25, -0.2) is 4.79 Å². The second kappa shape index (κ2) is 7.74. The molecule has 2 amide bonds. The van der Waals surface area contributed by atoms with Gasteiger partial charge in [0.1, 0.15) is 0 Å². The molecular formula is C17H22ClN5O2. The van der Waals surface area contributed by atoms with Crippen LogP contribution in [-0.2, 0) is 6.54 Å². The Bertz CT molecular complexity index is 725. The minimum Gasteiger partial charge on any atom is -0.408 e. The molecule has 8 heteroatoms. The molecule has 7 nitrogen and oxygen atoms in total. The molecule has 1 fully saturated rings. The third-order valence-corrected chi connectivity index (χ3v) is 4.33. The second-order valence-corrected chi connectivity index (χ2v) is 6.78. The number of nitrogens with zero attached hydrogens (tertiary/aromatic N) is 4. The number of amides is 2. The van der Waals surface area contributed by atoms with Crippen molar-refractivity contribution in [2.45, 2.75) is 26.3 Å². The second-order valence-electron chi connectivity index (χ2n) is 6.34. The monoisotopic (exact) mass is 363 g/mol. The van der Waals surface area contributed by atoms with E-state index in [1.54, 1.807) is 4.90 Å². The lowest BCUT2D eigenvalue weighted by molar-refractivity contribution is 0.193. The maximum atomic E-state index is 12.3. The van der Waals surface area contributed by atoms with Gasteiger partial charge >= 0.3 is 12.0 Å². The number of piperazine rings is 1. The Morgan fingerprint density at radius 2 is 2.04 bits per heavy atom. The zero-order chi connectivity index (χ0) is 17.8. The summed E-state index contributed by atoms with van der Waals surface area (Å²) in [4.78, 5) is 16.1. The molecule has 1 aromatic heterocycles. The lowest BCUT2D eigenvalue weighted by Gasteiger charge is -2.33. The number of hydrogen-bond donors (Lipinski definition) is 1. The number of carbonyl (C=O) groups excluding carboxylic acids is 1. The number of rotatable bonds is 4. The number of aromatic nitrogens is 2. The average Bonchev–Trinajstić information content (AvgIpc) is 3.10. The van der Waals surface area contributed by atoms with Crippen LogP contribution in [0.1, 0.15) is 31.2 Å². The van der Waals surface area contributed by atoms with Crippen LogP contribution in [0.15, 0.2) is 28.7 Å². The van der Waals surface area contributed by atoms with E-state index < -0.39 is 0 Å². The van der Waals surface area contributed by atoms with Gasteiger partial charge in [-0.3, -0.25) is 0 Å². The summed E-state index contributed by atoms with van der Waals surface area (Å²) < 4.78 is 5.67. The molecule has 2 heterocycles. The summed E-state index contributed by atoms with van der Waals surface area (Å²) in [6.07, 6.45) is 0.